The fourth-order valence-corrected chi connectivity index (χ4v) is 2.29. The Kier molecular flexibility index (Phi) is 3.81. The molecule has 5 nitrogen and oxygen atoms in total. The largest absolute Gasteiger partial charge is 0.384 e. The number of methoxy groups -OCH3 is 1. The van der Waals surface area contributed by atoms with E-state index in [1.165, 1.54) is 0 Å². The molecule has 1 aromatic rings. The number of likely N-dealkylation sites (tertiary alicyclic amines) is 1. The fourth-order valence-electron chi connectivity index (χ4n) is 2.29. The van der Waals surface area contributed by atoms with Gasteiger partial charge in [0.05, 0.1) is 6.10 Å². The number of pyridine rings is 1. The van der Waals surface area contributed by atoms with Crippen molar-refractivity contribution in [3.05, 3.63) is 23.4 Å². The molecule has 18 heavy (non-hydrogen) atoms. The Morgan fingerprint density at radius 3 is 2.67 bits per heavy atom. The molecule has 2 heterocycles. The standard InChI is InChI=1S/C13H19N3O2/c1-9-7-10(8-12(14)15-9)13(17)16-5-3-11(18-2)4-6-16/h7-8,11H,3-6H2,1-2H3,(H2,14,15). The van der Waals surface area contributed by atoms with Crippen molar-refractivity contribution in [2.75, 3.05) is 25.9 Å². The molecule has 1 aromatic heterocycles. The monoisotopic (exact) mass is 249 g/mol. The highest BCUT2D eigenvalue weighted by molar-refractivity contribution is 5.95. The molecule has 0 saturated carbocycles. The van der Waals surface area contributed by atoms with Gasteiger partial charge in [0, 0.05) is 31.5 Å². The van der Waals surface area contributed by atoms with Crippen molar-refractivity contribution in [1.29, 1.82) is 0 Å². The third kappa shape index (κ3) is 2.79. The molecule has 98 valence electrons. The van der Waals surface area contributed by atoms with Crippen molar-refractivity contribution in [2.45, 2.75) is 25.9 Å². The minimum Gasteiger partial charge on any atom is -0.384 e. The number of nitrogens with zero attached hydrogens (tertiary/aromatic N) is 2. The van der Waals surface area contributed by atoms with E-state index in [0.717, 1.165) is 31.6 Å². The lowest BCUT2D eigenvalue weighted by atomic mass is 10.1. The lowest BCUT2D eigenvalue weighted by Crippen LogP contribution is -2.40. The van der Waals surface area contributed by atoms with E-state index in [4.69, 9.17) is 10.5 Å². The van der Waals surface area contributed by atoms with Gasteiger partial charge in [-0.1, -0.05) is 0 Å². The molecule has 2 N–H and O–H groups in total. The smallest absolute Gasteiger partial charge is 0.254 e. The Balaban J connectivity index is 2.07. The molecule has 0 unspecified atom stereocenters. The summed E-state index contributed by atoms with van der Waals surface area (Å²) in [5.41, 5.74) is 7.06. The molecule has 0 aliphatic carbocycles. The molecule has 0 radical (unpaired) electrons. The van der Waals surface area contributed by atoms with E-state index < -0.39 is 0 Å². The number of carbonyl (C=O) groups is 1. The summed E-state index contributed by atoms with van der Waals surface area (Å²) < 4.78 is 5.30. The molecule has 5 heteroatoms. The van der Waals surface area contributed by atoms with Gasteiger partial charge in [-0.05, 0) is 31.9 Å². The minimum absolute atomic E-state index is 0.0294. The Morgan fingerprint density at radius 2 is 2.11 bits per heavy atom. The van der Waals surface area contributed by atoms with Crippen molar-refractivity contribution < 1.29 is 9.53 Å². The fraction of sp³-hybridized carbons (Fsp3) is 0.538. The molecular formula is C13H19N3O2. The van der Waals surface area contributed by atoms with Crippen molar-refractivity contribution in [3.63, 3.8) is 0 Å². The second-order valence-electron chi connectivity index (χ2n) is 4.65. The number of hydrogen-bond acceptors (Lipinski definition) is 4. The summed E-state index contributed by atoms with van der Waals surface area (Å²) in [6.45, 7) is 3.31. The van der Waals surface area contributed by atoms with Crippen LogP contribution < -0.4 is 5.73 Å². The third-order valence-corrected chi connectivity index (χ3v) is 3.28. The molecule has 1 fully saturated rings. The molecule has 0 spiro atoms. The first kappa shape index (κ1) is 12.8. The van der Waals surface area contributed by atoms with E-state index in [-0.39, 0.29) is 12.0 Å². The van der Waals surface area contributed by atoms with Crippen LogP contribution in [0.3, 0.4) is 0 Å². The number of aryl methyl sites for hydroxylation is 1. The van der Waals surface area contributed by atoms with E-state index in [1.54, 1.807) is 19.2 Å². The number of anilines is 1. The van der Waals surface area contributed by atoms with Crippen molar-refractivity contribution in [2.24, 2.45) is 0 Å². The second-order valence-corrected chi connectivity index (χ2v) is 4.65. The molecule has 1 aliphatic heterocycles. The highest BCUT2D eigenvalue weighted by Gasteiger charge is 2.23. The summed E-state index contributed by atoms with van der Waals surface area (Å²) in [5.74, 6) is 0.423. The minimum atomic E-state index is 0.0294. The average Bonchev–Trinajstić information content (AvgIpc) is 2.37. The van der Waals surface area contributed by atoms with Crippen molar-refractivity contribution in [1.82, 2.24) is 9.88 Å². The lowest BCUT2D eigenvalue weighted by Gasteiger charge is -2.31. The molecule has 1 amide bonds. The molecule has 1 saturated heterocycles. The van der Waals surface area contributed by atoms with Crippen molar-refractivity contribution in [3.8, 4) is 0 Å². The first-order chi connectivity index (χ1) is 8.60. The molecule has 2 rings (SSSR count). The average molecular weight is 249 g/mol. The van der Waals surface area contributed by atoms with Crippen LogP contribution in [0.25, 0.3) is 0 Å². The zero-order valence-electron chi connectivity index (χ0n) is 10.8. The highest BCUT2D eigenvalue weighted by atomic mass is 16.5. The topological polar surface area (TPSA) is 68.5 Å². The van der Waals surface area contributed by atoms with Gasteiger partial charge >= 0.3 is 0 Å². The van der Waals surface area contributed by atoms with Crippen LogP contribution in [0.2, 0.25) is 0 Å². The van der Waals surface area contributed by atoms with Gasteiger partial charge in [0.1, 0.15) is 5.82 Å². The maximum atomic E-state index is 12.3. The maximum absolute atomic E-state index is 12.3. The predicted molar refractivity (Wildman–Crippen MR) is 69.3 cm³/mol. The van der Waals surface area contributed by atoms with Gasteiger partial charge in [0.15, 0.2) is 0 Å². The van der Waals surface area contributed by atoms with Crippen LogP contribution in [-0.2, 0) is 4.74 Å². The third-order valence-electron chi connectivity index (χ3n) is 3.28. The van der Waals surface area contributed by atoms with Gasteiger partial charge in [-0.15, -0.1) is 0 Å². The van der Waals surface area contributed by atoms with Crippen LogP contribution in [0.1, 0.15) is 28.9 Å². The first-order valence-corrected chi connectivity index (χ1v) is 6.16. The summed E-state index contributed by atoms with van der Waals surface area (Å²) in [5, 5.41) is 0. The van der Waals surface area contributed by atoms with Crippen molar-refractivity contribution >= 4 is 11.7 Å². The summed E-state index contributed by atoms with van der Waals surface area (Å²) in [6.07, 6.45) is 2.06. The number of ether oxygens (including phenoxy) is 1. The number of hydrogen-bond donors (Lipinski definition) is 1. The van der Waals surface area contributed by atoms with Gasteiger partial charge in [-0.3, -0.25) is 4.79 Å². The number of rotatable bonds is 2. The summed E-state index contributed by atoms with van der Waals surface area (Å²) in [7, 11) is 1.72. The number of piperidine rings is 1. The SMILES string of the molecule is COC1CCN(C(=O)c2cc(C)nc(N)c2)CC1. The van der Waals surface area contributed by atoms with E-state index >= 15 is 0 Å². The van der Waals surface area contributed by atoms with Gasteiger partial charge in [-0.25, -0.2) is 4.98 Å². The zero-order chi connectivity index (χ0) is 13.1. The zero-order valence-corrected chi connectivity index (χ0v) is 10.8. The molecular weight excluding hydrogens is 230 g/mol. The van der Waals surface area contributed by atoms with E-state index in [0.29, 0.717) is 11.4 Å². The Labute approximate surface area is 107 Å². The van der Waals surface area contributed by atoms with E-state index in [1.807, 2.05) is 11.8 Å². The number of nitrogen functional groups attached to an aromatic ring is 1. The second kappa shape index (κ2) is 5.35. The number of aromatic nitrogens is 1. The van der Waals surface area contributed by atoms with Crippen LogP contribution in [-0.4, -0.2) is 42.1 Å². The Morgan fingerprint density at radius 1 is 1.44 bits per heavy atom. The highest BCUT2D eigenvalue weighted by Crippen LogP contribution is 2.17. The first-order valence-electron chi connectivity index (χ1n) is 6.16. The van der Waals surface area contributed by atoms with Crippen LogP contribution >= 0.6 is 0 Å². The Bertz CT molecular complexity index is 420. The van der Waals surface area contributed by atoms with Crippen LogP contribution in [0, 0.1) is 6.92 Å². The number of carbonyl (C=O) groups excluding carboxylic acids is 1. The summed E-state index contributed by atoms with van der Waals surface area (Å²) in [4.78, 5) is 18.2. The summed E-state index contributed by atoms with van der Waals surface area (Å²) in [6, 6.07) is 3.42. The van der Waals surface area contributed by atoms with E-state index in [2.05, 4.69) is 4.98 Å². The quantitative estimate of drug-likeness (QED) is 0.855. The Hall–Kier alpha value is -1.62. The van der Waals surface area contributed by atoms with Gasteiger partial charge in [0.25, 0.3) is 5.91 Å². The molecule has 0 atom stereocenters. The normalized spacial score (nSPS) is 16.9. The molecule has 1 aliphatic rings. The molecule has 0 bridgehead atoms. The van der Waals surface area contributed by atoms with E-state index in [9.17, 15) is 4.79 Å². The van der Waals surface area contributed by atoms with Crippen LogP contribution in [0.4, 0.5) is 5.82 Å². The van der Waals surface area contributed by atoms with Crippen LogP contribution in [0.5, 0.6) is 0 Å². The lowest BCUT2D eigenvalue weighted by molar-refractivity contribution is 0.0350. The van der Waals surface area contributed by atoms with Gasteiger partial charge in [-0.2, -0.15) is 0 Å². The van der Waals surface area contributed by atoms with Crippen LogP contribution in [0.15, 0.2) is 12.1 Å². The predicted octanol–water partition coefficient (Wildman–Crippen LogP) is 1.22. The van der Waals surface area contributed by atoms with Gasteiger partial charge in [0.2, 0.25) is 0 Å². The molecule has 0 aromatic carbocycles. The maximum Gasteiger partial charge on any atom is 0.254 e. The number of amides is 1. The number of nitrogens with two attached hydrogens (primary N) is 1. The summed E-state index contributed by atoms with van der Waals surface area (Å²) >= 11 is 0. The van der Waals surface area contributed by atoms with Gasteiger partial charge < -0.3 is 15.4 Å².